The molecule has 3 amide bonds. The molecule has 53 heavy (non-hydrogen) atoms. The third-order valence-electron chi connectivity index (χ3n) is 11.0. The average Bonchev–Trinajstić information content (AvgIpc) is 4.03. The van der Waals surface area contributed by atoms with E-state index in [1.54, 1.807) is 0 Å². The Bertz CT molecular complexity index is 1910. The molecule has 0 aliphatic carbocycles. The maximum absolute atomic E-state index is 13.5. The molecule has 4 aromatic rings. The summed E-state index contributed by atoms with van der Waals surface area (Å²) in [4.78, 5) is 63.2. The quantitative estimate of drug-likeness (QED) is 0.151. The largest absolute Gasteiger partial charge is 0.453 e. The second-order valence-electron chi connectivity index (χ2n) is 14.8. The summed E-state index contributed by atoms with van der Waals surface area (Å²) >= 11 is 0. The molecule has 12 heteroatoms. The minimum absolute atomic E-state index is 0.0000618. The molecule has 1 unspecified atom stereocenters. The van der Waals surface area contributed by atoms with Crippen molar-refractivity contribution in [2.24, 2.45) is 16.8 Å². The van der Waals surface area contributed by atoms with Crippen LogP contribution in [0.1, 0.15) is 88.9 Å². The standard InChI is InChI=1S/C41H50N8O4/c1-26(2)37(47-41(52)53-3)40(51)49-23-5-7-35(49)39-44-25-33(46-39)31-15-11-29(12-16-31)28-9-13-30(14-10-28)32-24-43-38(45-32)34-6-4-22-48(34)36(50)17-8-27-18-20-42-21-19-27/h9-16,20,24-27,34-35,37H,4-8,17-19,21-23H2,1-3H3,(H,43,45)(H,44,46)(H,47,52)/t27?,34-,35-,37-/m0/s1. The number of rotatable bonds is 11. The summed E-state index contributed by atoms with van der Waals surface area (Å²) in [7, 11) is 1.30. The fourth-order valence-corrected chi connectivity index (χ4v) is 7.96. The van der Waals surface area contributed by atoms with E-state index in [1.165, 1.54) is 7.11 Å². The van der Waals surface area contributed by atoms with Gasteiger partial charge < -0.3 is 29.8 Å². The molecule has 7 rings (SSSR count). The maximum Gasteiger partial charge on any atom is 0.407 e. The first-order valence-electron chi connectivity index (χ1n) is 19.0. The van der Waals surface area contributed by atoms with Crippen LogP contribution in [0.5, 0.6) is 0 Å². The predicted molar refractivity (Wildman–Crippen MR) is 204 cm³/mol. The zero-order valence-corrected chi connectivity index (χ0v) is 30.9. The fourth-order valence-electron chi connectivity index (χ4n) is 7.96. The third kappa shape index (κ3) is 8.06. The first kappa shape index (κ1) is 36.1. The zero-order valence-electron chi connectivity index (χ0n) is 30.9. The second kappa shape index (κ2) is 16.2. The summed E-state index contributed by atoms with van der Waals surface area (Å²) in [6.07, 6.45) is 12.3. The number of hydrogen-bond donors (Lipinski definition) is 3. The van der Waals surface area contributed by atoms with Crippen molar-refractivity contribution in [1.82, 2.24) is 35.1 Å². The molecule has 5 heterocycles. The molecule has 2 fully saturated rings. The second-order valence-corrected chi connectivity index (χ2v) is 14.8. The number of aliphatic imine (C=N–C) groups is 1. The number of ether oxygens (including phenoxy) is 1. The predicted octanol–water partition coefficient (Wildman–Crippen LogP) is 7.10. The van der Waals surface area contributed by atoms with Crippen molar-refractivity contribution in [3.05, 3.63) is 72.6 Å². The molecule has 278 valence electrons. The molecule has 2 aromatic carbocycles. The van der Waals surface area contributed by atoms with Gasteiger partial charge in [0, 0.05) is 26.1 Å². The van der Waals surface area contributed by atoms with Gasteiger partial charge in [-0.15, -0.1) is 0 Å². The van der Waals surface area contributed by atoms with E-state index in [0.29, 0.717) is 18.9 Å². The van der Waals surface area contributed by atoms with Crippen molar-refractivity contribution in [3.8, 4) is 33.6 Å². The number of benzene rings is 2. The molecule has 0 saturated carbocycles. The summed E-state index contributed by atoms with van der Waals surface area (Å²) in [6, 6.07) is 15.9. The number of aromatic nitrogens is 4. The summed E-state index contributed by atoms with van der Waals surface area (Å²) < 4.78 is 4.76. The fraction of sp³-hybridized carbons (Fsp3) is 0.463. The highest BCUT2D eigenvalue weighted by molar-refractivity contribution is 5.86. The number of likely N-dealkylation sites (tertiary alicyclic amines) is 2. The lowest BCUT2D eigenvalue weighted by Gasteiger charge is -2.30. The average molecular weight is 719 g/mol. The Hall–Kier alpha value is -5.26. The highest BCUT2D eigenvalue weighted by Gasteiger charge is 2.37. The Morgan fingerprint density at radius 1 is 0.811 bits per heavy atom. The molecule has 3 aliphatic heterocycles. The van der Waals surface area contributed by atoms with E-state index in [0.717, 1.165) is 103 Å². The normalized spacial score (nSPS) is 20.6. The topological polar surface area (TPSA) is 149 Å². The van der Waals surface area contributed by atoms with Crippen LogP contribution in [0, 0.1) is 11.8 Å². The molecule has 0 bridgehead atoms. The van der Waals surface area contributed by atoms with Crippen molar-refractivity contribution in [1.29, 1.82) is 0 Å². The first-order valence-corrected chi connectivity index (χ1v) is 19.0. The molecule has 2 aromatic heterocycles. The Morgan fingerprint density at radius 2 is 1.36 bits per heavy atom. The van der Waals surface area contributed by atoms with Gasteiger partial charge in [-0.1, -0.05) is 62.4 Å². The van der Waals surface area contributed by atoms with E-state index in [-0.39, 0.29) is 29.8 Å². The molecule has 3 aliphatic rings. The van der Waals surface area contributed by atoms with Gasteiger partial charge in [-0.05, 0) is 85.2 Å². The highest BCUT2D eigenvalue weighted by Crippen LogP contribution is 2.35. The van der Waals surface area contributed by atoms with Crippen molar-refractivity contribution >= 4 is 24.1 Å². The molecular formula is C41H50N8O4. The molecular weight excluding hydrogens is 669 g/mol. The Balaban J connectivity index is 0.973. The van der Waals surface area contributed by atoms with Crippen molar-refractivity contribution in [2.75, 3.05) is 26.7 Å². The van der Waals surface area contributed by atoms with Crippen molar-refractivity contribution in [3.63, 3.8) is 0 Å². The van der Waals surface area contributed by atoms with Gasteiger partial charge in [-0.3, -0.25) is 14.6 Å². The Labute approximate surface area is 310 Å². The van der Waals surface area contributed by atoms with Crippen LogP contribution in [0.2, 0.25) is 0 Å². The summed E-state index contributed by atoms with van der Waals surface area (Å²) in [5, 5.41) is 2.70. The molecule has 0 radical (unpaired) electrons. The van der Waals surface area contributed by atoms with Crippen LogP contribution in [-0.4, -0.2) is 86.6 Å². The number of nitrogens with one attached hydrogen (secondary N) is 3. The molecule has 12 nitrogen and oxygen atoms in total. The van der Waals surface area contributed by atoms with Crippen molar-refractivity contribution < 1.29 is 19.1 Å². The molecule has 3 N–H and O–H groups in total. The van der Waals surface area contributed by atoms with Gasteiger partial charge in [0.15, 0.2) is 0 Å². The van der Waals surface area contributed by atoms with Crippen LogP contribution in [-0.2, 0) is 14.3 Å². The number of aromatic amines is 2. The number of imidazole rings is 2. The highest BCUT2D eigenvalue weighted by atomic mass is 16.5. The number of hydrogen-bond acceptors (Lipinski definition) is 7. The zero-order chi connectivity index (χ0) is 36.9. The summed E-state index contributed by atoms with van der Waals surface area (Å²) in [5.41, 5.74) is 6.06. The number of carbonyl (C=O) groups is 3. The van der Waals surface area contributed by atoms with Crippen molar-refractivity contribution in [2.45, 2.75) is 83.3 Å². The van der Waals surface area contributed by atoms with Gasteiger partial charge in [-0.25, -0.2) is 14.8 Å². The van der Waals surface area contributed by atoms with E-state index in [9.17, 15) is 14.4 Å². The van der Waals surface area contributed by atoms with Gasteiger partial charge in [-0.2, -0.15) is 0 Å². The third-order valence-corrected chi connectivity index (χ3v) is 11.0. The molecule has 4 atom stereocenters. The van der Waals surface area contributed by atoms with Gasteiger partial charge >= 0.3 is 6.09 Å². The molecule has 2 saturated heterocycles. The molecule has 0 spiro atoms. The SMILES string of the molecule is COC(=O)N[C@H](C(=O)N1CCC[C@H]1c1ncc(-c2ccc(-c3ccc(-c4cnc([C@@H]5CCCN5C(=O)CCC5CC=NCC5)[nH]4)cc3)cc2)[nH]1)C(C)C. The first-order chi connectivity index (χ1) is 25.8. The minimum atomic E-state index is -0.673. The monoisotopic (exact) mass is 718 g/mol. The number of methoxy groups -OCH3 is 1. The summed E-state index contributed by atoms with van der Waals surface area (Å²) in [5.74, 6) is 2.18. The van der Waals surface area contributed by atoms with Gasteiger partial charge in [0.1, 0.15) is 17.7 Å². The van der Waals surface area contributed by atoms with E-state index < -0.39 is 12.1 Å². The van der Waals surface area contributed by atoms with Crippen LogP contribution in [0.3, 0.4) is 0 Å². The van der Waals surface area contributed by atoms with E-state index >= 15 is 0 Å². The number of amides is 3. The number of alkyl carbamates (subject to hydrolysis) is 1. The lowest BCUT2D eigenvalue weighted by atomic mass is 9.94. The van der Waals surface area contributed by atoms with Crippen LogP contribution in [0.25, 0.3) is 33.6 Å². The Morgan fingerprint density at radius 3 is 1.89 bits per heavy atom. The number of H-pyrrole nitrogens is 2. The Kier molecular flexibility index (Phi) is 11.0. The smallest absolute Gasteiger partial charge is 0.407 e. The van der Waals surface area contributed by atoms with Crippen LogP contribution >= 0.6 is 0 Å². The van der Waals surface area contributed by atoms with E-state index in [2.05, 4.69) is 73.8 Å². The van der Waals surface area contributed by atoms with E-state index in [1.807, 2.05) is 42.3 Å². The maximum atomic E-state index is 13.5. The van der Waals surface area contributed by atoms with Gasteiger partial charge in [0.05, 0.1) is 43.0 Å². The van der Waals surface area contributed by atoms with Gasteiger partial charge in [0.2, 0.25) is 11.8 Å². The number of carbonyl (C=O) groups excluding carboxylic acids is 3. The van der Waals surface area contributed by atoms with E-state index in [4.69, 9.17) is 9.72 Å². The van der Waals surface area contributed by atoms with Crippen LogP contribution in [0.4, 0.5) is 4.79 Å². The summed E-state index contributed by atoms with van der Waals surface area (Å²) in [6.45, 7) is 6.10. The van der Waals surface area contributed by atoms with Crippen LogP contribution in [0.15, 0.2) is 65.9 Å². The van der Waals surface area contributed by atoms with Gasteiger partial charge in [0.25, 0.3) is 0 Å². The lowest BCUT2D eigenvalue weighted by molar-refractivity contribution is -0.135. The number of nitrogens with zero attached hydrogens (tertiary/aromatic N) is 5. The minimum Gasteiger partial charge on any atom is -0.453 e. The lowest BCUT2D eigenvalue weighted by Crippen LogP contribution is -2.51. The van der Waals surface area contributed by atoms with Crippen LogP contribution < -0.4 is 5.32 Å².